The topological polar surface area (TPSA) is 92.5 Å². The molecule has 3 rings (SSSR count). The van der Waals surface area contributed by atoms with Crippen LogP contribution in [0.15, 0.2) is 29.2 Å². The average molecular weight is 343 g/mol. The van der Waals surface area contributed by atoms with Crippen molar-refractivity contribution in [2.75, 3.05) is 25.4 Å². The van der Waals surface area contributed by atoms with Gasteiger partial charge in [0.05, 0.1) is 14.7 Å². The van der Waals surface area contributed by atoms with Crippen LogP contribution in [0.1, 0.15) is 12.8 Å². The van der Waals surface area contributed by atoms with Crippen LogP contribution in [0.25, 0.3) is 0 Å². The summed E-state index contributed by atoms with van der Waals surface area (Å²) in [7, 11) is -3.58. The van der Waals surface area contributed by atoms with E-state index in [1.54, 1.807) is 0 Å². The van der Waals surface area contributed by atoms with E-state index in [1.807, 2.05) is 11.8 Å². The van der Waals surface area contributed by atoms with E-state index >= 15 is 0 Å². The molecule has 9 heteroatoms. The van der Waals surface area contributed by atoms with E-state index in [2.05, 4.69) is 5.32 Å². The van der Waals surface area contributed by atoms with Gasteiger partial charge in [0.1, 0.15) is 0 Å². The first-order valence-electron chi connectivity index (χ1n) is 7.07. The highest BCUT2D eigenvalue weighted by Gasteiger charge is 2.40. The van der Waals surface area contributed by atoms with Crippen LogP contribution < -0.4 is 5.32 Å². The molecule has 0 radical (unpaired) electrons. The molecule has 1 aromatic rings. The first-order valence-corrected chi connectivity index (χ1v) is 9.49. The van der Waals surface area contributed by atoms with E-state index in [-0.39, 0.29) is 15.5 Å². The molecule has 1 N–H and O–H groups in total. The Bertz CT molecular complexity index is 659. The molecular weight excluding hydrogens is 326 g/mol. The van der Waals surface area contributed by atoms with Crippen molar-refractivity contribution in [2.45, 2.75) is 22.6 Å². The summed E-state index contributed by atoms with van der Waals surface area (Å²) in [5, 5.41) is 14.1. The second kappa shape index (κ2) is 5.80. The molecule has 0 atom stereocenters. The summed E-state index contributed by atoms with van der Waals surface area (Å²) in [5.41, 5.74) is -0.108. The van der Waals surface area contributed by atoms with Crippen molar-refractivity contribution in [1.29, 1.82) is 0 Å². The van der Waals surface area contributed by atoms with Crippen LogP contribution >= 0.6 is 11.8 Å². The molecule has 2 aliphatic heterocycles. The van der Waals surface area contributed by atoms with Gasteiger partial charge in [0, 0.05) is 37.5 Å². The summed E-state index contributed by atoms with van der Waals surface area (Å²) in [6.07, 6.45) is 1.56. The number of piperidine rings is 1. The van der Waals surface area contributed by atoms with Gasteiger partial charge in [0.15, 0.2) is 0 Å². The number of non-ortho nitro benzene ring substituents is 1. The number of nitro benzene ring substituents is 1. The predicted molar refractivity (Wildman–Crippen MR) is 84.3 cm³/mol. The van der Waals surface area contributed by atoms with Gasteiger partial charge in [0.25, 0.3) is 5.69 Å². The van der Waals surface area contributed by atoms with Crippen LogP contribution in [0.4, 0.5) is 5.69 Å². The van der Waals surface area contributed by atoms with Crippen LogP contribution in [-0.2, 0) is 10.0 Å². The zero-order chi connectivity index (χ0) is 15.8. The van der Waals surface area contributed by atoms with Crippen molar-refractivity contribution >= 4 is 27.5 Å². The molecule has 2 fully saturated rings. The summed E-state index contributed by atoms with van der Waals surface area (Å²) >= 11 is 1.87. The smallest absolute Gasteiger partial charge is 0.269 e. The molecule has 0 unspecified atom stereocenters. The highest BCUT2D eigenvalue weighted by molar-refractivity contribution is 8.00. The second-order valence-electron chi connectivity index (χ2n) is 5.42. The molecule has 22 heavy (non-hydrogen) atoms. The molecule has 0 bridgehead atoms. The fourth-order valence-electron chi connectivity index (χ4n) is 2.87. The Morgan fingerprint density at radius 1 is 1.23 bits per heavy atom. The molecule has 1 aromatic carbocycles. The first kappa shape index (κ1) is 15.7. The van der Waals surface area contributed by atoms with E-state index < -0.39 is 14.9 Å². The summed E-state index contributed by atoms with van der Waals surface area (Å²) < 4.78 is 26.7. The van der Waals surface area contributed by atoms with Crippen molar-refractivity contribution in [2.24, 2.45) is 0 Å². The van der Waals surface area contributed by atoms with Gasteiger partial charge in [-0.2, -0.15) is 4.31 Å². The van der Waals surface area contributed by atoms with Gasteiger partial charge >= 0.3 is 0 Å². The number of sulfonamides is 1. The third-order valence-corrected chi connectivity index (χ3v) is 7.57. The fraction of sp³-hybridized carbons (Fsp3) is 0.538. The monoisotopic (exact) mass is 343 g/mol. The Labute approximate surface area is 133 Å². The van der Waals surface area contributed by atoms with Crippen molar-refractivity contribution in [3.8, 4) is 0 Å². The summed E-state index contributed by atoms with van der Waals surface area (Å²) in [4.78, 5) is 10.2. The predicted octanol–water partition coefficient (Wildman–Crippen LogP) is 1.41. The molecule has 2 aliphatic rings. The van der Waals surface area contributed by atoms with Gasteiger partial charge < -0.3 is 5.32 Å². The third kappa shape index (κ3) is 2.85. The lowest BCUT2D eigenvalue weighted by atomic mass is 10.1. The van der Waals surface area contributed by atoms with Crippen molar-refractivity contribution in [3.05, 3.63) is 34.4 Å². The van der Waals surface area contributed by atoms with Crippen LogP contribution in [0.5, 0.6) is 0 Å². The number of rotatable bonds is 3. The standard InChI is InChI=1S/C13H17N3O4S2/c17-16(18)11-1-3-12(4-2-11)22(19,20)15-8-5-13(6-9-15)14-7-10-21-13/h1-4,14H,5-10H2. The maximum atomic E-state index is 12.6. The van der Waals surface area contributed by atoms with E-state index in [9.17, 15) is 18.5 Å². The maximum Gasteiger partial charge on any atom is 0.269 e. The minimum atomic E-state index is -3.58. The highest BCUT2D eigenvalue weighted by atomic mass is 32.2. The van der Waals surface area contributed by atoms with Crippen molar-refractivity contribution in [1.82, 2.24) is 9.62 Å². The normalized spacial score (nSPS) is 22.0. The van der Waals surface area contributed by atoms with Crippen LogP contribution in [-0.4, -0.2) is 47.9 Å². The number of hydrogen-bond donors (Lipinski definition) is 1. The molecule has 0 amide bonds. The van der Waals surface area contributed by atoms with Crippen molar-refractivity contribution < 1.29 is 13.3 Å². The van der Waals surface area contributed by atoms with Gasteiger partial charge in [-0.1, -0.05) is 0 Å². The lowest BCUT2D eigenvalue weighted by Crippen LogP contribution is -2.49. The third-order valence-electron chi connectivity index (χ3n) is 4.14. The molecule has 1 spiro atoms. The van der Waals surface area contributed by atoms with Crippen molar-refractivity contribution in [3.63, 3.8) is 0 Å². The van der Waals surface area contributed by atoms with Gasteiger partial charge in [-0.15, -0.1) is 11.8 Å². The van der Waals surface area contributed by atoms with E-state index in [4.69, 9.17) is 0 Å². The number of hydrogen-bond acceptors (Lipinski definition) is 6. The number of nitro groups is 1. The molecule has 120 valence electrons. The molecule has 0 aromatic heterocycles. The maximum absolute atomic E-state index is 12.6. The van der Waals surface area contributed by atoms with Crippen LogP contribution in [0.3, 0.4) is 0 Å². The lowest BCUT2D eigenvalue weighted by Gasteiger charge is -2.38. The van der Waals surface area contributed by atoms with Gasteiger partial charge in [-0.05, 0) is 25.0 Å². The zero-order valence-corrected chi connectivity index (χ0v) is 13.5. The average Bonchev–Trinajstić information content (AvgIpc) is 2.96. The largest absolute Gasteiger partial charge is 0.302 e. The molecule has 0 saturated carbocycles. The molecule has 2 saturated heterocycles. The number of nitrogens with zero attached hydrogens (tertiary/aromatic N) is 2. The van der Waals surface area contributed by atoms with E-state index in [1.165, 1.54) is 28.6 Å². The first-order chi connectivity index (χ1) is 10.4. The SMILES string of the molecule is O=[N+]([O-])c1ccc(S(=O)(=O)N2CCC3(CC2)NCCS3)cc1. The minimum Gasteiger partial charge on any atom is -0.302 e. The Kier molecular flexibility index (Phi) is 4.15. The molecule has 0 aliphatic carbocycles. The van der Waals surface area contributed by atoms with E-state index in [0.29, 0.717) is 13.1 Å². The number of thioether (sulfide) groups is 1. The number of nitrogens with one attached hydrogen (secondary N) is 1. The second-order valence-corrected chi connectivity index (χ2v) is 8.84. The lowest BCUT2D eigenvalue weighted by molar-refractivity contribution is -0.384. The molecule has 7 nitrogen and oxygen atoms in total. The quantitative estimate of drug-likeness (QED) is 0.659. The van der Waals surface area contributed by atoms with Gasteiger partial charge in [-0.3, -0.25) is 10.1 Å². The Hall–Kier alpha value is -1.16. The Morgan fingerprint density at radius 2 is 1.86 bits per heavy atom. The Balaban J connectivity index is 1.74. The number of benzene rings is 1. The van der Waals surface area contributed by atoms with Crippen LogP contribution in [0.2, 0.25) is 0 Å². The fourth-order valence-corrected chi connectivity index (χ4v) is 5.59. The molecular formula is C13H17N3O4S2. The van der Waals surface area contributed by atoms with Crippen LogP contribution in [0, 0.1) is 10.1 Å². The van der Waals surface area contributed by atoms with E-state index in [0.717, 1.165) is 25.1 Å². The summed E-state index contributed by atoms with van der Waals surface area (Å²) in [6, 6.07) is 5.07. The molecule has 2 heterocycles. The summed E-state index contributed by atoms with van der Waals surface area (Å²) in [5.74, 6) is 1.06. The Morgan fingerprint density at radius 3 is 2.36 bits per heavy atom. The van der Waals surface area contributed by atoms with Gasteiger partial charge in [-0.25, -0.2) is 8.42 Å². The summed E-state index contributed by atoms with van der Waals surface area (Å²) in [6.45, 7) is 1.92. The highest BCUT2D eigenvalue weighted by Crippen LogP contribution is 2.38. The minimum absolute atomic E-state index is 0.0293. The zero-order valence-electron chi connectivity index (χ0n) is 11.9. The van der Waals surface area contributed by atoms with Gasteiger partial charge in [0.2, 0.25) is 10.0 Å².